The topological polar surface area (TPSA) is 0 Å². The summed E-state index contributed by atoms with van der Waals surface area (Å²) in [5.41, 5.74) is 11.5. The largest absolute Gasteiger partial charge is 0.0530 e. The molecule has 0 bridgehead atoms. The summed E-state index contributed by atoms with van der Waals surface area (Å²) in [4.78, 5) is 0. The Morgan fingerprint density at radius 3 is 1.12 bits per heavy atom. The first-order valence-corrected chi connectivity index (χ1v) is 15.0. The lowest BCUT2D eigenvalue weighted by Gasteiger charge is -2.21. The van der Waals surface area contributed by atoms with Crippen LogP contribution >= 0.6 is 77.0 Å². The molecule has 4 aromatic carbocycles. The standard InChI is InChI=1S/2C15H12BrI/c2*1-15(2)13-7-9(16)3-5-11(13)12-6-4-10(17)8-14(12)15/h2*3-8H,1-2H3. The highest BCUT2D eigenvalue weighted by Gasteiger charge is 2.36. The number of benzene rings is 4. The number of hydrogen-bond acceptors (Lipinski definition) is 0. The Bertz CT molecular complexity index is 1230. The minimum Gasteiger partial charge on any atom is -0.0530 e. The maximum absolute atomic E-state index is 3.57. The molecule has 0 nitrogen and oxygen atoms in total. The summed E-state index contributed by atoms with van der Waals surface area (Å²) in [6, 6.07) is 26.7. The van der Waals surface area contributed by atoms with Gasteiger partial charge in [-0.1, -0.05) is 83.8 Å². The van der Waals surface area contributed by atoms with E-state index in [1.807, 2.05) is 0 Å². The highest BCUT2D eigenvalue weighted by molar-refractivity contribution is 14.1. The van der Waals surface area contributed by atoms with E-state index in [2.05, 4.69) is 178 Å². The van der Waals surface area contributed by atoms with Crippen molar-refractivity contribution in [2.24, 2.45) is 0 Å². The molecule has 0 heterocycles. The van der Waals surface area contributed by atoms with Gasteiger partial charge in [-0.2, -0.15) is 0 Å². The van der Waals surface area contributed by atoms with Crippen LogP contribution in [0, 0.1) is 7.14 Å². The average Bonchev–Trinajstić information content (AvgIpc) is 3.13. The summed E-state index contributed by atoms with van der Waals surface area (Å²) in [7, 11) is 0. The molecule has 4 heteroatoms. The number of hydrogen-bond donors (Lipinski definition) is 0. The molecule has 0 unspecified atom stereocenters. The predicted molar refractivity (Wildman–Crippen MR) is 169 cm³/mol. The van der Waals surface area contributed by atoms with E-state index in [-0.39, 0.29) is 10.8 Å². The molecule has 0 saturated heterocycles. The SMILES string of the molecule is CC1(C)c2cc(Br)ccc2-c2ccc(I)cc21.CC1(C)c2cc(Br)ccc2-c2ccc(I)cc21. The molecule has 0 radical (unpaired) electrons. The summed E-state index contributed by atoms with van der Waals surface area (Å²) >= 11 is 11.9. The van der Waals surface area contributed by atoms with Gasteiger partial charge in [0.05, 0.1) is 0 Å². The van der Waals surface area contributed by atoms with E-state index in [0.29, 0.717) is 0 Å². The number of rotatable bonds is 0. The fraction of sp³-hybridized carbons (Fsp3) is 0.200. The molecule has 2 aliphatic rings. The number of halogens is 4. The molecule has 0 aromatic heterocycles. The fourth-order valence-electron chi connectivity index (χ4n) is 5.36. The van der Waals surface area contributed by atoms with E-state index in [0.717, 1.165) is 8.95 Å². The summed E-state index contributed by atoms with van der Waals surface area (Å²) in [5, 5.41) is 0. The normalized spacial score (nSPS) is 15.5. The zero-order valence-electron chi connectivity index (χ0n) is 19.4. The zero-order valence-corrected chi connectivity index (χ0v) is 26.9. The van der Waals surface area contributed by atoms with Crippen LogP contribution < -0.4 is 0 Å². The summed E-state index contributed by atoms with van der Waals surface area (Å²) in [6.45, 7) is 9.22. The van der Waals surface area contributed by atoms with Gasteiger partial charge in [0.15, 0.2) is 0 Å². The van der Waals surface area contributed by atoms with Gasteiger partial charge in [-0.3, -0.25) is 0 Å². The quantitative estimate of drug-likeness (QED) is 0.156. The molecule has 0 spiro atoms. The maximum atomic E-state index is 3.57. The molecule has 0 saturated carbocycles. The van der Waals surface area contributed by atoms with Crippen LogP contribution in [0.15, 0.2) is 81.7 Å². The molecule has 0 fully saturated rings. The molecular formula is C30H24Br2I2. The molecule has 34 heavy (non-hydrogen) atoms. The first-order valence-electron chi connectivity index (χ1n) is 11.2. The van der Waals surface area contributed by atoms with Crippen LogP contribution in [-0.2, 0) is 10.8 Å². The van der Waals surface area contributed by atoms with Gasteiger partial charge in [0.2, 0.25) is 0 Å². The Morgan fingerprint density at radius 2 is 0.765 bits per heavy atom. The van der Waals surface area contributed by atoms with Crippen molar-refractivity contribution >= 4 is 77.0 Å². The highest BCUT2D eigenvalue weighted by Crippen LogP contribution is 2.50. The van der Waals surface area contributed by atoms with Crippen LogP contribution in [0.5, 0.6) is 0 Å². The lowest BCUT2D eigenvalue weighted by molar-refractivity contribution is 0.659. The summed E-state index contributed by atoms with van der Waals surface area (Å²) in [5.74, 6) is 0. The van der Waals surface area contributed by atoms with E-state index < -0.39 is 0 Å². The van der Waals surface area contributed by atoms with E-state index in [1.165, 1.54) is 51.6 Å². The first kappa shape index (κ1) is 25.0. The summed E-state index contributed by atoms with van der Waals surface area (Å²) < 4.78 is 4.93. The van der Waals surface area contributed by atoms with E-state index in [4.69, 9.17) is 0 Å². The Balaban J connectivity index is 0.000000142. The third kappa shape index (κ3) is 4.14. The molecule has 0 atom stereocenters. The lowest BCUT2D eigenvalue weighted by Crippen LogP contribution is -2.15. The van der Waals surface area contributed by atoms with E-state index in [9.17, 15) is 0 Å². The zero-order chi connectivity index (χ0) is 24.4. The van der Waals surface area contributed by atoms with Crippen LogP contribution in [0.3, 0.4) is 0 Å². The van der Waals surface area contributed by atoms with Crippen LogP contribution in [0.25, 0.3) is 22.3 Å². The average molecular weight is 798 g/mol. The van der Waals surface area contributed by atoms with Gasteiger partial charge in [-0.15, -0.1) is 0 Å². The highest BCUT2D eigenvalue weighted by atomic mass is 127. The van der Waals surface area contributed by atoms with Crippen LogP contribution in [-0.4, -0.2) is 0 Å². The molecule has 0 aliphatic heterocycles. The van der Waals surface area contributed by atoms with E-state index >= 15 is 0 Å². The fourth-order valence-corrected chi connectivity index (χ4v) is 7.07. The van der Waals surface area contributed by atoms with Crippen LogP contribution in [0.2, 0.25) is 0 Å². The molecular weight excluding hydrogens is 774 g/mol. The van der Waals surface area contributed by atoms with Crippen molar-refractivity contribution in [2.75, 3.05) is 0 Å². The van der Waals surface area contributed by atoms with Crippen molar-refractivity contribution in [3.8, 4) is 22.3 Å². The second-order valence-electron chi connectivity index (χ2n) is 10.0. The van der Waals surface area contributed by atoms with Gasteiger partial charge in [-0.05, 0) is 138 Å². The second kappa shape index (κ2) is 9.00. The van der Waals surface area contributed by atoms with Crippen molar-refractivity contribution in [2.45, 2.75) is 38.5 Å². The van der Waals surface area contributed by atoms with Crippen molar-refractivity contribution < 1.29 is 0 Å². The van der Waals surface area contributed by atoms with Crippen molar-refractivity contribution in [3.63, 3.8) is 0 Å². The Hall–Kier alpha value is -0.700. The Morgan fingerprint density at radius 1 is 0.471 bits per heavy atom. The lowest BCUT2D eigenvalue weighted by atomic mass is 9.82. The van der Waals surface area contributed by atoms with Gasteiger partial charge in [0.25, 0.3) is 0 Å². The second-order valence-corrected chi connectivity index (χ2v) is 14.3. The Kier molecular flexibility index (Phi) is 6.61. The molecule has 6 rings (SSSR count). The van der Waals surface area contributed by atoms with E-state index in [1.54, 1.807) is 0 Å². The first-order chi connectivity index (χ1) is 16.0. The van der Waals surface area contributed by atoms with Crippen molar-refractivity contribution in [1.29, 1.82) is 0 Å². The third-order valence-corrected chi connectivity index (χ3v) is 9.53. The van der Waals surface area contributed by atoms with Crippen molar-refractivity contribution in [1.82, 2.24) is 0 Å². The minimum absolute atomic E-state index is 0.107. The molecule has 2 aliphatic carbocycles. The number of fused-ring (bicyclic) bond motifs is 6. The van der Waals surface area contributed by atoms with Crippen LogP contribution in [0.4, 0.5) is 0 Å². The van der Waals surface area contributed by atoms with Gasteiger partial charge >= 0.3 is 0 Å². The predicted octanol–water partition coefficient (Wildman–Crippen LogP) is 10.7. The van der Waals surface area contributed by atoms with Gasteiger partial charge in [0.1, 0.15) is 0 Å². The smallest absolute Gasteiger partial charge is 0.0178 e. The van der Waals surface area contributed by atoms with Gasteiger partial charge in [0, 0.05) is 26.9 Å². The summed E-state index contributed by atoms with van der Waals surface area (Å²) in [6.07, 6.45) is 0. The van der Waals surface area contributed by atoms with Crippen LogP contribution in [0.1, 0.15) is 49.9 Å². The van der Waals surface area contributed by atoms with Gasteiger partial charge in [-0.25, -0.2) is 0 Å². The molecule has 172 valence electrons. The Labute approximate surface area is 246 Å². The monoisotopic (exact) mass is 796 g/mol. The van der Waals surface area contributed by atoms with Crippen molar-refractivity contribution in [3.05, 3.63) is 111 Å². The minimum atomic E-state index is 0.107. The molecule has 0 amide bonds. The maximum Gasteiger partial charge on any atom is 0.0178 e. The third-order valence-electron chi connectivity index (χ3n) is 7.20. The molecule has 4 aromatic rings. The van der Waals surface area contributed by atoms with Gasteiger partial charge < -0.3 is 0 Å². The molecule has 0 N–H and O–H groups in total.